The lowest BCUT2D eigenvalue weighted by Crippen LogP contribution is -2.14. The molecule has 2 aromatic rings. The van der Waals surface area contributed by atoms with Crippen LogP contribution < -0.4 is 5.32 Å². The molecule has 0 unspecified atom stereocenters. The van der Waals surface area contributed by atoms with Crippen LogP contribution in [0.15, 0.2) is 36.4 Å². The van der Waals surface area contributed by atoms with Crippen LogP contribution in [0.2, 0.25) is 15.1 Å². The standard InChI is InChI=1S/C15H9Cl3N2O/c16-11-3-1-9(5-12(11)17)7-15(21)20-14-4-2-10(8-19)6-13(14)18/h1-6H,7H2,(H,20,21). The predicted octanol–water partition coefficient (Wildman–Crippen LogP) is 4.70. The van der Waals surface area contributed by atoms with Gasteiger partial charge in [0.2, 0.25) is 5.91 Å². The van der Waals surface area contributed by atoms with Gasteiger partial charge in [0, 0.05) is 0 Å². The number of nitriles is 1. The SMILES string of the molecule is N#Cc1ccc(NC(=O)Cc2ccc(Cl)c(Cl)c2)c(Cl)c1. The first-order chi connectivity index (χ1) is 9.99. The fraction of sp³-hybridized carbons (Fsp3) is 0.0667. The Morgan fingerprint density at radius 2 is 1.81 bits per heavy atom. The number of hydrogen-bond donors (Lipinski definition) is 1. The van der Waals surface area contributed by atoms with Crippen molar-refractivity contribution in [3.63, 3.8) is 0 Å². The molecule has 2 rings (SSSR count). The molecule has 0 aromatic heterocycles. The van der Waals surface area contributed by atoms with Gasteiger partial charge in [-0.25, -0.2) is 0 Å². The van der Waals surface area contributed by atoms with Gasteiger partial charge in [0.25, 0.3) is 0 Å². The summed E-state index contributed by atoms with van der Waals surface area (Å²) in [5.41, 5.74) is 1.63. The minimum Gasteiger partial charge on any atom is -0.324 e. The van der Waals surface area contributed by atoms with E-state index in [1.807, 2.05) is 6.07 Å². The van der Waals surface area contributed by atoms with Crippen LogP contribution in [0.1, 0.15) is 11.1 Å². The summed E-state index contributed by atoms with van der Waals surface area (Å²) in [5.74, 6) is -0.236. The monoisotopic (exact) mass is 338 g/mol. The van der Waals surface area contributed by atoms with E-state index in [9.17, 15) is 4.79 Å². The van der Waals surface area contributed by atoms with Crippen molar-refractivity contribution in [1.82, 2.24) is 0 Å². The highest BCUT2D eigenvalue weighted by atomic mass is 35.5. The maximum absolute atomic E-state index is 12.0. The van der Waals surface area contributed by atoms with Crippen molar-refractivity contribution in [2.24, 2.45) is 0 Å². The van der Waals surface area contributed by atoms with Crippen LogP contribution >= 0.6 is 34.8 Å². The van der Waals surface area contributed by atoms with Gasteiger partial charge < -0.3 is 5.32 Å². The van der Waals surface area contributed by atoms with Gasteiger partial charge in [0.1, 0.15) is 0 Å². The number of carbonyl (C=O) groups excluding carboxylic acids is 1. The quantitative estimate of drug-likeness (QED) is 0.881. The lowest BCUT2D eigenvalue weighted by Gasteiger charge is -2.08. The summed E-state index contributed by atoms with van der Waals surface area (Å²) in [5, 5.41) is 12.6. The maximum Gasteiger partial charge on any atom is 0.228 e. The van der Waals surface area contributed by atoms with Crippen molar-refractivity contribution in [2.45, 2.75) is 6.42 Å². The number of rotatable bonds is 3. The molecule has 3 nitrogen and oxygen atoms in total. The molecule has 0 bridgehead atoms. The number of benzene rings is 2. The van der Waals surface area contributed by atoms with Gasteiger partial charge in [-0.3, -0.25) is 4.79 Å². The molecule has 0 atom stereocenters. The lowest BCUT2D eigenvalue weighted by atomic mass is 10.1. The van der Waals surface area contributed by atoms with Gasteiger partial charge in [-0.2, -0.15) is 5.26 Å². The van der Waals surface area contributed by atoms with Crippen LogP contribution in [0.4, 0.5) is 5.69 Å². The highest BCUT2D eigenvalue weighted by Gasteiger charge is 2.09. The predicted molar refractivity (Wildman–Crippen MR) is 85.0 cm³/mol. The average molecular weight is 340 g/mol. The summed E-state index contributed by atoms with van der Waals surface area (Å²) in [6, 6.07) is 11.7. The summed E-state index contributed by atoms with van der Waals surface area (Å²) in [6.07, 6.45) is 0.146. The molecule has 0 saturated carbocycles. The molecule has 1 N–H and O–H groups in total. The Labute approximate surface area is 137 Å². The van der Waals surface area contributed by atoms with Crippen LogP contribution in [0, 0.1) is 11.3 Å². The van der Waals surface area contributed by atoms with E-state index in [1.54, 1.807) is 30.3 Å². The van der Waals surface area contributed by atoms with Gasteiger partial charge in [-0.1, -0.05) is 40.9 Å². The minimum absolute atomic E-state index is 0.146. The third kappa shape index (κ3) is 4.12. The zero-order valence-electron chi connectivity index (χ0n) is 10.7. The second-order valence-electron chi connectivity index (χ2n) is 4.28. The van der Waals surface area contributed by atoms with Gasteiger partial charge >= 0.3 is 0 Å². The fourth-order valence-electron chi connectivity index (χ4n) is 1.72. The first-order valence-corrected chi connectivity index (χ1v) is 7.06. The number of amides is 1. The lowest BCUT2D eigenvalue weighted by molar-refractivity contribution is -0.115. The molecule has 0 fully saturated rings. The number of halogens is 3. The van der Waals surface area contributed by atoms with E-state index in [1.165, 1.54) is 6.07 Å². The van der Waals surface area contributed by atoms with Crippen LogP contribution in [0.3, 0.4) is 0 Å². The van der Waals surface area contributed by atoms with E-state index in [0.29, 0.717) is 26.3 Å². The third-order valence-electron chi connectivity index (χ3n) is 2.72. The van der Waals surface area contributed by atoms with E-state index in [0.717, 1.165) is 5.56 Å². The van der Waals surface area contributed by atoms with Crippen LogP contribution in [0.25, 0.3) is 0 Å². The van der Waals surface area contributed by atoms with E-state index in [2.05, 4.69) is 5.32 Å². The number of nitrogens with zero attached hydrogens (tertiary/aromatic N) is 1. The normalized spacial score (nSPS) is 10.0. The zero-order valence-corrected chi connectivity index (χ0v) is 12.9. The van der Waals surface area contributed by atoms with Gasteiger partial charge in [0.15, 0.2) is 0 Å². The molecular formula is C15H9Cl3N2O. The van der Waals surface area contributed by atoms with E-state index in [4.69, 9.17) is 40.1 Å². The topological polar surface area (TPSA) is 52.9 Å². The van der Waals surface area contributed by atoms with Crippen LogP contribution in [0.5, 0.6) is 0 Å². The Hall–Kier alpha value is -1.73. The van der Waals surface area contributed by atoms with Crippen molar-refractivity contribution in [3.8, 4) is 6.07 Å². The molecule has 2 aromatic carbocycles. The molecule has 0 aliphatic carbocycles. The maximum atomic E-state index is 12.0. The van der Waals surface area contributed by atoms with Crippen LogP contribution in [-0.2, 0) is 11.2 Å². The van der Waals surface area contributed by atoms with Gasteiger partial charge in [0.05, 0.1) is 38.8 Å². The Morgan fingerprint density at radius 3 is 2.43 bits per heavy atom. The summed E-state index contributed by atoms with van der Waals surface area (Å²) in [4.78, 5) is 12.0. The van der Waals surface area contributed by atoms with Crippen molar-refractivity contribution in [1.29, 1.82) is 5.26 Å². The molecule has 0 aliphatic heterocycles. The Morgan fingerprint density at radius 1 is 1.05 bits per heavy atom. The van der Waals surface area contributed by atoms with Crippen molar-refractivity contribution in [2.75, 3.05) is 5.32 Å². The summed E-state index contributed by atoms with van der Waals surface area (Å²) in [7, 11) is 0. The molecule has 0 heterocycles. The summed E-state index contributed by atoms with van der Waals surface area (Å²) in [6.45, 7) is 0. The number of carbonyl (C=O) groups is 1. The molecule has 6 heteroatoms. The molecule has 0 spiro atoms. The molecule has 0 saturated heterocycles. The fourth-order valence-corrected chi connectivity index (χ4v) is 2.26. The molecule has 106 valence electrons. The molecule has 1 amide bonds. The average Bonchev–Trinajstić information content (AvgIpc) is 2.45. The van der Waals surface area contributed by atoms with Crippen molar-refractivity contribution in [3.05, 3.63) is 62.6 Å². The first-order valence-electron chi connectivity index (χ1n) is 5.93. The number of anilines is 1. The smallest absolute Gasteiger partial charge is 0.228 e. The van der Waals surface area contributed by atoms with Gasteiger partial charge in [-0.15, -0.1) is 0 Å². The number of nitrogens with one attached hydrogen (secondary N) is 1. The Bertz CT molecular complexity index is 738. The molecule has 0 aliphatic rings. The summed E-state index contributed by atoms with van der Waals surface area (Å²) < 4.78 is 0. The van der Waals surface area contributed by atoms with E-state index < -0.39 is 0 Å². The van der Waals surface area contributed by atoms with Gasteiger partial charge in [-0.05, 0) is 35.9 Å². The molecule has 21 heavy (non-hydrogen) atoms. The first kappa shape index (κ1) is 15.7. The Balaban J connectivity index is 2.08. The van der Waals surface area contributed by atoms with Crippen molar-refractivity contribution >= 4 is 46.4 Å². The highest BCUT2D eigenvalue weighted by Crippen LogP contribution is 2.24. The molecule has 0 radical (unpaired) electrons. The van der Waals surface area contributed by atoms with E-state index in [-0.39, 0.29) is 12.3 Å². The summed E-state index contributed by atoms with van der Waals surface area (Å²) >= 11 is 17.7. The third-order valence-corrected chi connectivity index (χ3v) is 3.77. The second-order valence-corrected chi connectivity index (χ2v) is 5.50. The van der Waals surface area contributed by atoms with Crippen LogP contribution in [-0.4, -0.2) is 5.91 Å². The zero-order chi connectivity index (χ0) is 15.4. The molecular weight excluding hydrogens is 331 g/mol. The number of hydrogen-bond acceptors (Lipinski definition) is 2. The highest BCUT2D eigenvalue weighted by molar-refractivity contribution is 6.42. The van der Waals surface area contributed by atoms with E-state index >= 15 is 0 Å². The Kier molecular flexibility index (Phi) is 5.08. The largest absolute Gasteiger partial charge is 0.324 e. The second kappa shape index (κ2) is 6.82. The van der Waals surface area contributed by atoms with Crippen molar-refractivity contribution < 1.29 is 4.79 Å². The minimum atomic E-state index is -0.236.